The van der Waals surface area contributed by atoms with Crippen LogP contribution >= 0.6 is 0 Å². The molecule has 0 heterocycles. The van der Waals surface area contributed by atoms with Crippen molar-refractivity contribution in [2.24, 2.45) is 5.92 Å². The fraction of sp³-hybridized carbons (Fsp3) is 0.667. The smallest absolute Gasteiger partial charge is 0.143 e. The third kappa shape index (κ3) is 3.42. The maximum atomic E-state index is 11.1. The molecule has 0 rings (SSSR count). The van der Waals surface area contributed by atoms with E-state index in [-0.39, 0.29) is 23.8 Å². The molecule has 0 fully saturated rings. The fourth-order valence-electron chi connectivity index (χ4n) is 1.02. The summed E-state index contributed by atoms with van der Waals surface area (Å²) in [4.78, 5) is 32.7. The maximum absolute atomic E-state index is 11.1. The number of ketones is 3. The lowest BCUT2D eigenvalue weighted by Gasteiger charge is -2.08. The quantitative estimate of drug-likeness (QED) is 0.581. The molecular weight excluding hydrogens is 156 g/mol. The Bertz CT molecular complexity index is 206. The second-order valence-corrected chi connectivity index (χ2v) is 2.89. The highest BCUT2D eigenvalue weighted by Crippen LogP contribution is 2.08. The van der Waals surface area contributed by atoms with E-state index in [1.165, 1.54) is 13.8 Å². The number of carbonyl (C=O) groups excluding carboxylic acids is 3. The van der Waals surface area contributed by atoms with Gasteiger partial charge in [0.05, 0.1) is 5.92 Å². The first-order valence-corrected chi connectivity index (χ1v) is 4.01. The molecule has 0 spiro atoms. The molecule has 0 bridgehead atoms. The van der Waals surface area contributed by atoms with Crippen LogP contribution in [-0.2, 0) is 14.4 Å². The SMILES string of the molecule is CCC(=O)C(CC(C)=O)C(C)=O. The summed E-state index contributed by atoms with van der Waals surface area (Å²) in [7, 11) is 0. The number of carbonyl (C=O) groups is 3. The van der Waals surface area contributed by atoms with Crippen molar-refractivity contribution in [2.45, 2.75) is 33.6 Å². The van der Waals surface area contributed by atoms with Crippen molar-refractivity contribution in [1.82, 2.24) is 0 Å². The Labute approximate surface area is 72.1 Å². The van der Waals surface area contributed by atoms with Crippen LogP contribution in [0.5, 0.6) is 0 Å². The molecule has 3 nitrogen and oxygen atoms in total. The summed E-state index contributed by atoms with van der Waals surface area (Å²) in [5.74, 6) is -1.17. The van der Waals surface area contributed by atoms with Crippen molar-refractivity contribution >= 4 is 17.3 Å². The zero-order chi connectivity index (χ0) is 9.72. The van der Waals surface area contributed by atoms with Gasteiger partial charge in [0.1, 0.15) is 17.3 Å². The molecule has 0 radical (unpaired) electrons. The molecule has 0 saturated heterocycles. The largest absolute Gasteiger partial charge is 0.300 e. The topological polar surface area (TPSA) is 51.2 Å². The lowest BCUT2D eigenvalue weighted by molar-refractivity contribution is -0.134. The number of rotatable bonds is 5. The zero-order valence-corrected chi connectivity index (χ0v) is 7.72. The zero-order valence-electron chi connectivity index (χ0n) is 7.72. The predicted octanol–water partition coefficient (Wildman–Crippen LogP) is 1.15. The molecule has 0 aromatic rings. The molecule has 0 amide bonds. The van der Waals surface area contributed by atoms with Crippen LogP contribution in [0.1, 0.15) is 33.6 Å². The van der Waals surface area contributed by atoms with Crippen molar-refractivity contribution in [1.29, 1.82) is 0 Å². The van der Waals surface area contributed by atoms with E-state index in [4.69, 9.17) is 0 Å². The summed E-state index contributed by atoms with van der Waals surface area (Å²) in [5.41, 5.74) is 0. The third-order valence-corrected chi connectivity index (χ3v) is 1.72. The van der Waals surface area contributed by atoms with Gasteiger partial charge >= 0.3 is 0 Å². The molecule has 0 aliphatic heterocycles. The van der Waals surface area contributed by atoms with Crippen molar-refractivity contribution in [2.75, 3.05) is 0 Å². The van der Waals surface area contributed by atoms with Crippen LogP contribution < -0.4 is 0 Å². The molecule has 68 valence electrons. The highest BCUT2D eigenvalue weighted by Gasteiger charge is 2.22. The molecule has 0 saturated carbocycles. The van der Waals surface area contributed by atoms with Gasteiger partial charge in [0.25, 0.3) is 0 Å². The third-order valence-electron chi connectivity index (χ3n) is 1.72. The average molecular weight is 170 g/mol. The second-order valence-electron chi connectivity index (χ2n) is 2.89. The van der Waals surface area contributed by atoms with Gasteiger partial charge in [0.15, 0.2) is 0 Å². The Kier molecular flexibility index (Phi) is 4.40. The first-order chi connectivity index (χ1) is 5.49. The summed E-state index contributed by atoms with van der Waals surface area (Å²) >= 11 is 0. The maximum Gasteiger partial charge on any atom is 0.143 e. The van der Waals surface area contributed by atoms with Crippen molar-refractivity contribution in [3.05, 3.63) is 0 Å². The monoisotopic (exact) mass is 170 g/mol. The first-order valence-electron chi connectivity index (χ1n) is 4.01. The van der Waals surface area contributed by atoms with Crippen LogP contribution in [0.15, 0.2) is 0 Å². The van der Waals surface area contributed by atoms with Crippen LogP contribution in [0.25, 0.3) is 0 Å². The second kappa shape index (κ2) is 4.80. The van der Waals surface area contributed by atoms with Gasteiger partial charge in [-0.25, -0.2) is 0 Å². The van der Waals surface area contributed by atoms with Gasteiger partial charge in [-0.3, -0.25) is 14.4 Å². The van der Waals surface area contributed by atoms with Gasteiger partial charge in [0, 0.05) is 12.8 Å². The summed E-state index contributed by atoms with van der Waals surface area (Å²) in [6, 6.07) is 0. The molecule has 0 aromatic heterocycles. The first kappa shape index (κ1) is 11.0. The fourth-order valence-corrected chi connectivity index (χ4v) is 1.02. The molecule has 0 aliphatic rings. The molecule has 3 heteroatoms. The van der Waals surface area contributed by atoms with Crippen molar-refractivity contribution in [3.8, 4) is 0 Å². The van der Waals surface area contributed by atoms with Crippen LogP contribution in [0.3, 0.4) is 0 Å². The Balaban J connectivity index is 4.33. The van der Waals surface area contributed by atoms with Gasteiger partial charge < -0.3 is 0 Å². The van der Waals surface area contributed by atoms with Crippen LogP contribution in [0, 0.1) is 5.92 Å². The van der Waals surface area contributed by atoms with Gasteiger partial charge in [-0.05, 0) is 13.8 Å². The molecule has 0 aromatic carbocycles. The van der Waals surface area contributed by atoms with Crippen LogP contribution in [-0.4, -0.2) is 17.3 Å². The van der Waals surface area contributed by atoms with E-state index in [9.17, 15) is 14.4 Å². The highest BCUT2D eigenvalue weighted by atomic mass is 16.2. The molecule has 0 aliphatic carbocycles. The Morgan fingerprint density at radius 3 is 1.92 bits per heavy atom. The summed E-state index contributed by atoms with van der Waals surface area (Å²) in [5, 5.41) is 0. The van der Waals surface area contributed by atoms with E-state index < -0.39 is 5.92 Å². The lowest BCUT2D eigenvalue weighted by Crippen LogP contribution is -2.23. The number of hydrogen-bond acceptors (Lipinski definition) is 3. The average Bonchev–Trinajstić information content (AvgIpc) is 1.98. The van der Waals surface area contributed by atoms with E-state index in [2.05, 4.69) is 0 Å². The van der Waals surface area contributed by atoms with E-state index in [0.29, 0.717) is 6.42 Å². The highest BCUT2D eigenvalue weighted by molar-refractivity contribution is 6.04. The van der Waals surface area contributed by atoms with Gasteiger partial charge in [-0.1, -0.05) is 6.92 Å². The lowest BCUT2D eigenvalue weighted by atomic mass is 9.93. The Morgan fingerprint density at radius 1 is 1.17 bits per heavy atom. The van der Waals surface area contributed by atoms with Gasteiger partial charge in [-0.15, -0.1) is 0 Å². The predicted molar refractivity (Wildman–Crippen MR) is 44.8 cm³/mol. The molecular formula is C9H14O3. The molecule has 12 heavy (non-hydrogen) atoms. The van der Waals surface area contributed by atoms with E-state index >= 15 is 0 Å². The minimum absolute atomic E-state index is 0.0575. The van der Waals surface area contributed by atoms with Gasteiger partial charge in [0.2, 0.25) is 0 Å². The minimum atomic E-state index is -0.701. The van der Waals surface area contributed by atoms with E-state index in [1.54, 1.807) is 6.92 Å². The van der Waals surface area contributed by atoms with E-state index in [0.717, 1.165) is 0 Å². The van der Waals surface area contributed by atoms with Crippen molar-refractivity contribution in [3.63, 3.8) is 0 Å². The van der Waals surface area contributed by atoms with Crippen molar-refractivity contribution < 1.29 is 14.4 Å². The Morgan fingerprint density at radius 2 is 1.67 bits per heavy atom. The van der Waals surface area contributed by atoms with Gasteiger partial charge in [-0.2, -0.15) is 0 Å². The Hall–Kier alpha value is -0.990. The molecule has 0 N–H and O–H groups in total. The molecule has 1 unspecified atom stereocenters. The van der Waals surface area contributed by atoms with Crippen LogP contribution in [0.2, 0.25) is 0 Å². The summed E-state index contributed by atoms with van der Waals surface area (Å²) < 4.78 is 0. The van der Waals surface area contributed by atoms with E-state index in [1.807, 2.05) is 0 Å². The number of Topliss-reactive ketones (excluding diaryl/α,β-unsaturated/α-hetero) is 3. The minimum Gasteiger partial charge on any atom is -0.300 e. The normalized spacial score (nSPS) is 12.2. The summed E-state index contributed by atoms with van der Waals surface area (Å²) in [6.07, 6.45) is 0.375. The number of hydrogen-bond donors (Lipinski definition) is 0. The molecule has 1 atom stereocenters. The summed E-state index contributed by atoms with van der Waals surface area (Å²) in [6.45, 7) is 4.43. The standard InChI is InChI=1S/C9H14O3/c1-4-9(12)8(7(3)11)5-6(2)10/h8H,4-5H2,1-3H3. The van der Waals surface area contributed by atoms with Crippen LogP contribution in [0.4, 0.5) is 0 Å².